The van der Waals surface area contributed by atoms with Gasteiger partial charge in [-0.05, 0) is 69.4 Å². The monoisotopic (exact) mass is 909 g/mol. The van der Waals surface area contributed by atoms with Crippen molar-refractivity contribution in [2.24, 2.45) is 17.8 Å². The summed E-state index contributed by atoms with van der Waals surface area (Å²) < 4.78 is 5.25. The number of benzene rings is 2. The standard InChI is InChI=1S/C46H68N8O11/c1-25(2)21-34(42(59)50-31(10)45(62)63)51-40(57)30(9)48-41(58)35(22-26(3)4)53-43(60)36(23-32-17-13-11-14-18-32)52-39(56)29(8)47-38(55)28(7)49-44(61)37(27(5)6)54-46(64)65-24-33-19-15-12-16-20-33/h11-20,25-31,34-37H,21-24H2,1-10H3,(H,47,55)(H,48,58)(H,49,61)(H,50,59)(H,51,57)(H,52,56)(H,53,60)(H,54,64)(H,62,63)/t28-,29-,30-,31-,34-,35-,36-,37-/m0/s1. The molecule has 19 nitrogen and oxygen atoms in total. The first-order chi connectivity index (χ1) is 30.5. The average molecular weight is 909 g/mol. The van der Waals surface area contributed by atoms with Crippen LogP contribution >= 0.6 is 0 Å². The van der Waals surface area contributed by atoms with Gasteiger partial charge >= 0.3 is 12.1 Å². The Morgan fingerprint density at radius 1 is 0.446 bits per heavy atom. The van der Waals surface area contributed by atoms with Crippen LogP contribution in [0.2, 0.25) is 0 Å². The van der Waals surface area contributed by atoms with E-state index in [9.17, 15) is 48.3 Å². The number of ether oxygens (including phenoxy) is 1. The summed E-state index contributed by atoms with van der Waals surface area (Å²) in [6, 6.07) is 8.46. The minimum Gasteiger partial charge on any atom is -0.480 e. The van der Waals surface area contributed by atoms with Gasteiger partial charge in [0.2, 0.25) is 41.4 Å². The fourth-order valence-electron chi connectivity index (χ4n) is 6.29. The number of carboxylic acids is 1. The van der Waals surface area contributed by atoms with Crippen LogP contribution in [0.25, 0.3) is 0 Å². The molecule has 2 aromatic rings. The lowest BCUT2D eigenvalue weighted by atomic mass is 10.0. The number of hydrogen-bond donors (Lipinski definition) is 9. The summed E-state index contributed by atoms with van der Waals surface area (Å²) in [6.07, 6.45) is -0.495. The molecule has 0 aliphatic heterocycles. The topological polar surface area (TPSA) is 279 Å². The number of carbonyl (C=O) groups is 9. The molecule has 0 saturated carbocycles. The van der Waals surface area contributed by atoms with Gasteiger partial charge in [0, 0.05) is 6.42 Å². The smallest absolute Gasteiger partial charge is 0.408 e. The predicted molar refractivity (Wildman–Crippen MR) is 241 cm³/mol. The van der Waals surface area contributed by atoms with Crippen LogP contribution in [0.5, 0.6) is 0 Å². The predicted octanol–water partition coefficient (Wildman–Crippen LogP) is 1.83. The summed E-state index contributed by atoms with van der Waals surface area (Å²) >= 11 is 0. The SMILES string of the molecule is CC(C)C[C@H](NC(=O)[C@H](C)NC(=O)[C@H](CC(C)C)NC(=O)[C@H](Cc1ccccc1)NC(=O)[C@H](C)NC(=O)[C@H](C)NC(=O)[C@@H](NC(=O)OCc1ccccc1)C(C)C)C(=O)N[C@@H](C)C(=O)O. The van der Waals surface area contributed by atoms with Crippen LogP contribution in [-0.2, 0) is 56.1 Å². The molecule has 8 atom stereocenters. The Bertz CT molecular complexity index is 1930. The Morgan fingerprint density at radius 3 is 1.26 bits per heavy atom. The normalized spacial score (nSPS) is 14.8. The van der Waals surface area contributed by atoms with Gasteiger partial charge in [-0.1, -0.05) is 102 Å². The Balaban J connectivity index is 2.14. The minimum absolute atomic E-state index is 0.00244. The summed E-state index contributed by atoms with van der Waals surface area (Å²) in [7, 11) is 0. The molecule has 358 valence electrons. The Labute approximate surface area is 381 Å². The number of aliphatic carboxylic acids is 1. The van der Waals surface area contributed by atoms with Gasteiger partial charge in [0.1, 0.15) is 54.9 Å². The molecule has 0 bridgehead atoms. The highest BCUT2D eigenvalue weighted by Gasteiger charge is 2.33. The highest BCUT2D eigenvalue weighted by atomic mass is 16.5. The van der Waals surface area contributed by atoms with Crippen molar-refractivity contribution in [3.8, 4) is 0 Å². The number of nitrogens with one attached hydrogen (secondary N) is 8. The molecule has 0 saturated heterocycles. The van der Waals surface area contributed by atoms with Crippen molar-refractivity contribution in [3.63, 3.8) is 0 Å². The molecule has 0 fully saturated rings. The van der Waals surface area contributed by atoms with E-state index in [4.69, 9.17) is 4.74 Å². The molecule has 8 amide bonds. The number of hydrogen-bond acceptors (Lipinski definition) is 10. The maximum atomic E-state index is 14.0. The summed E-state index contributed by atoms with van der Waals surface area (Å²) in [5.41, 5.74) is 1.43. The van der Waals surface area contributed by atoms with Crippen molar-refractivity contribution >= 4 is 53.4 Å². The summed E-state index contributed by atoms with van der Waals surface area (Å²) in [5.74, 6) is -6.79. The van der Waals surface area contributed by atoms with Crippen LogP contribution in [0.15, 0.2) is 60.7 Å². The van der Waals surface area contributed by atoms with Crippen molar-refractivity contribution in [1.29, 1.82) is 0 Å². The van der Waals surface area contributed by atoms with Crippen molar-refractivity contribution in [2.75, 3.05) is 0 Å². The van der Waals surface area contributed by atoms with Gasteiger partial charge in [-0.2, -0.15) is 0 Å². The van der Waals surface area contributed by atoms with Crippen molar-refractivity contribution < 1.29 is 53.0 Å². The third kappa shape index (κ3) is 19.8. The maximum Gasteiger partial charge on any atom is 0.408 e. The fourth-order valence-corrected chi connectivity index (χ4v) is 6.29. The zero-order valence-electron chi connectivity index (χ0n) is 39.0. The first kappa shape index (κ1) is 54.6. The Kier molecular flexibility index (Phi) is 22.6. The summed E-state index contributed by atoms with van der Waals surface area (Å²) in [5, 5.41) is 29.8. The zero-order chi connectivity index (χ0) is 49.0. The van der Waals surface area contributed by atoms with Crippen LogP contribution < -0.4 is 42.5 Å². The molecule has 0 radical (unpaired) electrons. The van der Waals surface area contributed by atoms with Crippen LogP contribution in [-0.4, -0.2) is 107 Å². The van der Waals surface area contributed by atoms with Gasteiger partial charge in [-0.15, -0.1) is 0 Å². The highest BCUT2D eigenvalue weighted by Crippen LogP contribution is 2.11. The Morgan fingerprint density at radius 2 is 0.815 bits per heavy atom. The molecule has 2 aromatic carbocycles. The summed E-state index contributed by atoms with van der Waals surface area (Å²) in [6.45, 7) is 16.2. The average Bonchev–Trinajstić information content (AvgIpc) is 3.23. The lowest BCUT2D eigenvalue weighted by Gasteiger charge is -2.27. The van der Waals surface area contributed by atoms with E-state index in [-0.39, 0.29) is 43.6 Å². The number of carboxylic acid groups (broad SMARTS) is 1. The second-order valence-electron chi connectivity index (χ2n) is 17.3. The summed E-state index contributed by atoms with van der Waals surface area (Å²) in [4.78, 5) is 118. The van der Waals surface area contributed by atoms with Gasteiger partial charge in [-0.3, -0.25) is 38.4 Å². The van der Waals surface area contributed by atoms with E-state index in [1.165, 1.54) is 27.7 Å². The quantitative estimate of drug-likeness (QED) is 0.0693. The highest BCUT2D eigenvalue weighted by molar-refractivity contribution is 5.97. The number of amides is 8. The van der Waals surface area contributed by atoms with Gasteiger partial charge in [-0.25, -0.2) is 4.79 Å². The molecule has 65 heavy (non-hydrogen) atoms. The van der Waals surface area contributed by atoms with E-state index in [1.54, 1.807) is 68.4 Å². The van der Waals surface area contributed by atoms with Crippen LogP contribution in [0.4, 0.5) is 4.79 Å². The first-order valence-corrected chi connectivity index (χ1v) is 21.8. The van der Waals surface area contributed by atoms with Crippen LogP contribution in [0.3, 0.4) is 0 Å². The Hall–Kier alpha value is -6.53. The molecule has 0 aliphatic carbocycles. The number of rotatable bonds is 25. The first-order valence-electron chi connectivity index (χ1n) is 21.8. The largest absolute Gasteiger partial charge is 0.480 e. The maximum absolute atomic E-state index is 14.0. The second kappa shape index (κ2) is 26.9. The lowest BCUT2D eigenvalue weighted by molar-refractivity contribution is -0.142. The fraction of sp³-hybridized carbons (Fsp3) is 0.543. The van der Waals surface area contributed by atoms with E-state index in [2.05, 4.69) is 42.5 Å². The molecule has 0 spiro atoms. The molecule has 0 unspecified atom stereocenters. The van der Waals surface area contributed by atoms with Gasteiger partial charge in [0.25, 0.3) is 0 Å². The van der Waals surface area contributed by atoms with E-state index >= 15 is 0 Å². The molecule has 0 aromatic heterocycles. The molecule has 0 heterocycles. The molecule has 0 aliphatic rings. The van der Waals surface area contributed by atoms with Crippen molar-refractivity contribution in [2.45, 2.75) is 143 Å². The van der Waals surface area contributed by atoms with Gasteiger partial charge in [0.05, 0.1) is 0 Å². The third-order valence-electron chi connectivity index (χ3n) is 10.0. The third-order valence-corrected chi connectivity index (χ3v) is 10.0. The van der Waals surface area contributed by atoms with E-state index in [0.717, 1.165) is 5.56 Å². The van der Waals surface area contributed by atoms with Crippen molar-refractivity contribution in [3.05, 3.63) is 71.8 Å². The number of carbonyl (C=O) groups excluding carboxylic acids is 8. The minimum atomic E-state index is -1.25. The second-order valence-corrected chi connectivity index (χ2v) is 17.3. The van der Waals surface area contributed by atoms with Crippen LogP contribution in [0.1, 0.15) is 93.2 Å². The number of alkyl carbamates (subject to hydrolysis) is 1. The molecular formula is C46H68N8O11. The van der Waals surface area contributed by atoms with Crippen LogP contribution in [0, 0.1) is 17.8 Å². The molecule has 19 heteroatoms. The molecular weight excluding hydrogens is 841 g/mol. The lowest BCUT2D eigenvalue weighted by Crippen LogP contribution is -2.60. The molecule has 9 N–H and O–H groups in total. The van der Waals surface area contributed by atoms with Crippen molar-refractivity contribution in [1.82, 2.24) is 42.5 Å². The molecule has 2 rings (SSSR count). The van der Waals surface area contributed by atoms with E-state index in [1.807, 2.05) is 33.8 Å². The van der Waals surface area contributed by atoms with E-state index in [0.29, 0.717) is 5.56 Å². The zero-order valence-corrected chi connectivity index (χ0v) is 39.0. The van der Waals surface area contributed by atoms with Gasteiger partial charge < -0.3 is 52.4 Å². The van der Waals surface area contributed by atoms with E-state index < -0.39 is 102 Å². The van der Waals surface area contributed by atoms with Gasteiger partial charge in [0.15, 0.2) is 0 Å².